The van der Waals surface area contributed by atoms with Crippen molar-refractivity contribution in [2.45, 2.75) is 88.6 Å². The maximum Gasteiger partial charge on any atom is 0.303 e. The van der Waals surface area contributed by atoms with Gasteiger partial charge in [-0.15, -0.1) is 0 Å². The van der Waals surface area contributed by atoms with Crippen LogP contribution in [0.1, 0.15) is 71.1 Å². The van der Waals surface area contributed by atoms with E-state index < -0.39 is 5.97 Å². The molecular formula is C21H36O4S. The Morgan fingerprint density at radius 2 is 1.96 bits per heavy atom. The van der Waals surface area contributed by atoms with Crippen molar-refractivity contribution < 1.29 is 19.7 Å². The van der Waals surface area contributed by atoms with E-state index >= 15 is 0 Å². The summed E-state index contributed by atoms with van der Waals surface area (Å²) < 4.78 is 6.20. The van der Waals surface area contributed by atoms with Gasteiger partial charge >= 0.3 is 5.97 Å². The second-order valence-electron chi connectivity index (χ2n) is 7.80. The Labute approximate surface area is 162 Å². The molecule has 0 radical (unpaired) electrons. The molecule has 0 aliphatic carbocycles. The van der Waals surface area contributed by atoms with Gasteiger partial charge in [-0.25, -0.2) is 0 Å². The van der Waals surface area contributed by atoms with Crippen LogP contribution in [0.25, 0.3) is 0 Å². The van der Waals surface area contributed by atoms with E-state index in [-0.39, 0.29) is 6.42 Å². The van der Waals surface area contributed by atoms with Crippen LogP contribution < -0.4 is 0 Å². The molecule has 5 heteroatoms. The second-order valence-corrected chi connectivity index (χ2v) is 9.35. The van der Waals surface area contributed by atoms with E-state index in [0.717, 1.165) is 32.1 Å². The first-order valence-corrected chi connectivity index (χ1v) is 11.4. The van der Waals surface area contributed by atoms with Crippen molar-refractivity contribution in [3.05, 3.63) is 12.2 Å². The number of rotatable bonds is 14. The van der Waals surface area contributed by atoms with Gasteiger partial charge in [-0.3, -0.25) is 4.79 Å². The minimum Gasteiger partial charge on any atom is -0.481 e. The van der Waals surface area contributed by atoms with Gasteiger partial charge in [0.2, 0.25) is 0 Å². The molecule has 2 aliphatic rings. The molecule has 0 aromatic heterocycles. The Morgan fingerprint density at radius 1 is 1.19 bits per heavy atom. The lowest BCUT2D eigenvalue weighted by molar-refractivity contribution is -0.137. The Morgan fingerprint density at radius 3 is 2.69 bits per heavy atom. The Balaban J connectivity index is 1.67. The molecule has 2 aliphatic heterocycles. The molecule has 2 fully saturated rings. The van der Waals surface area contributed by atoms with Gasteiger partial charge in [0.05, 0.1) is 12.2 Å². The number of carbonyl (C=O) groups is 1. The number of aliphatic hydroxyl groups is 1. The van der Waals surface area contributed by atoms with Gasteiger partial charge in [0.25, 0.3) is 0 Å². The Hall–Kier alpha value is -0.520. The van der Waals surface area contributed by atoms with Gasteiger partial charge in [0.1, 0.15) is 0 Å². The van der Waals surface area contributed by atoms with Gasteiger partial charge in [0, 0.05) is 18.3 Å². The first-order chi connectivity index (χ1) is 12.6. The average molecular weight is 385 g/mol. The van der Waals surface area contributed by atoms with Crippen molar-refractivity contribution in [1.82, 2.24) is 0 Å². The Kier molecular flexibility index (Phi) is 10.1. The summed E-state index contributed by atoms with van der Waals surface area (Å²) in [6.07, 6.45) is 15.2. The first-order valence-electron chi connectivity index (χ1n) is 10.4. The quantitative estimate of drug-likeness (QED) is 0.337. The smallest absolute Gasteiger partial charge is 0.303 e. The summed E-state index contributed by atoms with van der Waals surface area (Å²) >= 11 is 2.07. The van der Waals surface area contributed by atoms with Crippen molar-refractivity contribution in [2.24, 2.45) is 11.8 Å². The lowest BCUT2D eigenvalue weighted by Gasteiger charge is -2.27. The van der Waals surface area contributed by atoms with Crippen LogP contribution in [-0.4, -0.2) is 46.0 Å². The molecule has 5 atom stereocenters. The maximum atomic E-state index is 10.5. The summed E-state index contributed by atoms with van der Waals surface area (Å²) in [4.78, 5) is 10.5. The number of unbranched alkanes of at least 4 members (excludes halogenated alkanes) is 2. The third-order valence-electron chi connectivity index (χ3n) is 5.80. The zero-order valence-electron chi connectivity index (χ0n) is 16.1. The molecule has 2 N–H and O–H groups in total. The molecule has 0 aromatic rings. The number of fused-ring (bicyclic) bond motifs is 2. The van der Waals surface area contributed by atoms with Crippen molar-refractivity contribution in [3.8, 4) is 0 Å². The van der Waals surface area contributed by atoms with Crippen molar-refractivity contribution in [3.63, 3.8) is 0 Å². The summed E-state index contributed by atoms with van der Waals surface area (Å²) in [5.74, 6) is 1.84. The van der Waals surface area contributed by atoms with E-state index in [1.165, 1.54) is 31.4 Å². The fourth-order valence-corrected chi connectivity index (χ4v) is 5.52. The number of hydrogen-bond acceptors (Lipinski definition) is 4. The molecule has 1 unspecified atom stereocenters. The number of allylic oxidation sites excluding steroid dienone is 2. The second kappa shape index (κ2) is 12.0. The van der Waals surface area contributed by atoms with E-state index in [1.54, 1.807) is 0 Å². The zero-order valence-corrected chi connectivity index (χ0v) is 17.0. The van der Waals surface area contributed by atoms with Crippen LogP contribution in [-0.2, 0) is 9.53 Å². The first kappa shape index (κ1) is 21.8. The zero-order chi connectivity index (χ0) is 18.8. The van der Waals surface area contributed by atoms with E-state index in [1.807, 2.05) is 0 Å². The van der Waals surface area contributed by atoms with Crippen molar-refractivity contribution >= 4 is 17.7 Å². The number of thioether (sulfide) groups is 1. The average Bonchev–Trinajstić information content (AvgIpc) is 3.20. The van der Waals surface area contributed by atoms with E-state index in [4.69, 9.17) is 14.9 Å². The number of carboxylic acid groups (broad SMARTS) is 1. The summed E-state index contributed by atoms with van der Waals surface area (Å²) in [7, 11) is 0. The van der Waals surface area contributed by atoms with Crippen LogP contribution in [0.4, 0.5) is 0 Å². The van der Waals surface area contributed by atoms with Crippen LogP contribution >= 0.6 is 11.8 Å². The molecular weight excluding hydrogens is 348 g/mol. The van der Waals surface area contributed by atoms with E-state index in [0.29, 0.717) is 35.9 Å². The summed E-state index contributed by atoms with van der Waals surface area (Å²) in [6, 6.07) is 0. The van der Waals surface area contributed by atoms with Crippen LogP contribution in [0.5, 0.6) is 0 Å². The standard InChI is InChI=1S/C21H36O4S/c1-16(8-6-7-14-22)26-15-13-18-17(19-11-12-20(18)25-19)9-4-2-3-5-10-21(23)24/h2,4,16-20,22H,3,5-15H2,1H3,(H,23,24)/t16?,17-,18-,19-,20+/m1/s1. The Bertz CT molecular complexity index is 440. The predicted molar refractivity (Wildman–Crippen MR) is 108 cm³/mol. The van der Waals surface area contributed by atoms with Crippen molar-refractivity contribution in [1.29, 1.82) is 0 Å². The maximum absolute atomic E-state index is 10.5. The highest BCUT2D eigenvalue weighted by Crippen LogP contribution is 2.47. The highest BCUT2D eigenvalue weighted by atomic mass is 32.2. The third kappa shape index (κ3) is 7.24. The topological polar surface area (TPSA) is 66.8 Å². The SMILES string of the molecule is CC(CCCCO)SCC[C@@H]1[C@@H](CC=CCCCC(=O)O)[C@H]2CC[C@@H]1O2. The summed E-state index contributed by atoms with van der Waals surface area (Å²) in [5.41, 5.74) is 0. The largest absolute Gasteiger partial charge is 0.481 e. The minimum absolute atomic E-state index is 0.262. The van der Waals surface area contributed by atoms with Gasteiger partial charge in [-0.2, -0.15) is 11.8 Å². The highest BCUT2D eigenvalue weighted by molar-refractivity contribution is 7.99. The number of ether oxygens (including phenoxy) is 1. The molecule has 2 bridgehead atoms. The molecule has 2 saturated heterocycles. The van der Waals surface area contributed by atoms with E-state index in [9.17, 15) is 4.79 Å². The number of carboxylic acids is 1. The molecule has 0 amide bonds. The molecule has 2 rings (SSSR count). The van der Waals surface area contributed by atoms with Crippen molar-refractivity contribution in [2.75, 3.05) is 12.4 Å². The van der Waals surface area contributed by atoms with Crippen LogP contribution in [0.15, 0.2) is 12.2 Å². The number of aliphatic hydroxyl groups excluding tert-OH is 1. The molecule has 150 valence electrons. The predicted octanol–water partition coefficient (Wildman–Crippen LogP) is 4.66. The fraction of sp³-hybridized carbons (Fsp3) is 0.857. The van der Waals surface area contributed by atoms with Crippen LogP contribution in [0.2, 0.25) is 0 Å². The van der Waals surface area contributed by atoms with Gasteiger partial charge in [-0.1, -0.05) is 25.5 Å². The minimum atomic E-state index is -0.706. The van der Waals surface area contributed by atoms with Crippen LogP contribution in [0.3, 0.4) is 0 Å². The lowest BCUT2D eigenvalue weighted by atomic mass is 9.76. The monoisotopic (exact) mass is 384 g/mol. The number of hydrogen-bond donors (Lipinski definition) is 2. The van der Waals surface area contributed by atoms with Gasteiger partial charge in [0.15, 0.2) is 0 Å². The summed E-state index contributed by atoms with van der Waals surface area (Å²) in [5, 5.41) is 18.2. The lowest BCUT2D eigenvalue weighted by Crippen LogP contribution is -2.27. The van der Waals surface area contributed by atoms with E-state index in [2.05, 4.69) is 30.8 Å². The third-order valence-corrected chi connectivity index (χ3v) is 7.08. The van der Waals surface area contributed by atoms with Crippen LogP contribution in [0, 0.1) is 11.8 Å². The van der Waals surface area contributed by atoms with Gasteiger partial charge in [-0.05, 0) is 69.0 Å². The molecule has 0 spiro atoms. The molecule has 2 heterocycles. The number of aliphatic carboxylic acids is 1. The summed E-state index contributed by atoms with van der Waals surface area (Å²) in [6.45, 7) is 2.61. The molecule has 4 nitrogen and oxygen atoms in total. The normalized spacial score (nSPS) is 28.8. The fourth-order valence-electron chi connectivity index (χ4n) is 4.37. The molecule has 26 heavy (non-hydrogen) atoms. The molecule has 0 saturated carbocycles. The highest BCUT2D eigenvalue weighted by Gasteiger charge is 2.47. The van der Waals surface area contributed by atoms with Gasteiger partial charge < -0.3 is 14.9 Å². The molecule has 0 aromatic carbocycles.